The van der Waals surface area contributed by atoms with E-state index in [0.717, 1.165) is 47.5 Å². The number of aliphatic hydroxyl groups excluding tert-OH is 1. The minimum atomic E-state index is -2.33. The summed E-state index contributed by atoms with van der Waals surface area (Å²) in [7, 11) is 0. The van der Waals surface area contributed by atoms with Crippen LogP contribution in [0.25, 0.3) is 11.1 Å². The Morgan fingerprint density at radius 3 is 2.13 bits per heavy atom. The van der Waals surface area contributed by atoms with Crippen LogP contribution >= 0.6 is 0 Å². The van der Waals surface area contributed by atoms with Crippen molar-refractivity contribution >= 4 is 5.91 Å². The van der Waals surface area contributed by atoms with Gasteiger partial charge >= 0.3 is 0 Å². The van der Waals surface area contributed by atoms with Crippen LogP contribution in [0, 0.1) is 29.1 Å². The standard InChI is InChI=1S/C41H42F5N3O4/c42-35-34(36(43)38(45)39(46)37(35)44)40(51)47-21-26-6-3-7-28(18-26)29-8-4-9-30(19-29)41-52-32(20-33(53-41)27-13-11-25(24-50)12-14-27)23-49-17-5-10-31(49)22-48-15-1-2-16-48/h3-4,6-9,11-14,18-19,31-33,41,50H,1-2,5,10,15-17,20-24H2,(H,47,51)/t31-,32+,33-,41-/m0/s1. The lowest BCUT2D eigenvalue weighted by molar-refractivity contribution is -0.253. The van der Waals surface area contributed by atoms with Crippen LogP contribution < -0.4 is 5.32 Å². The van der Waals surface area contributed by atoms with Crippen molar-refractivity contribution in [1.82, 2.24) is 15.1 Å². The molecule has 2 N–H and O–H groups in total. The van der Waals surface area contributed by atoms with Crippen LogP contribution in [-0.2, 0) is 22.6 Å². The first-order chi connectivity index (χ1) is 25.7. The average molecular weight is 736 g/mol. The number of hydrogen-bond acceptors (Lipinski definition) is 6. The summed E-state index contributed by atoms with van der Waals surface area (Å²) in [5, 5.41) is 11.9. The van der Waals surface area contributed by atoms with Gasteiger partial charge in [-0.3, -0.25) is 9.69 Å². The predicted octanol–water partition coefficient (Wildman–Crippen LogP) is 7.58. The number of halogens is 5. The Morgan fingerprint density at radius 2 is 1.42 bits per heavy atom. The van der Waals surface area contributed by atoms with Crippen molar-refractivity contribution in [3.8, 4) is 11.1 Å². The van der Waals surface area contributed by atoms with Gasteiger partial charge in [0.25, 0.3) is 5.91 Å². The van der Waals surface area contributed by atoms with Gasteiger partial charge in [0, 0.05) is 37.7 Å². The zero-order valence-electron chi connectivity index (χ0n) is 29.2. The van der Waals surface area contributed by atoms with Gasteiger partial charge in [-0.15, -0.1) is 0 Å². The molecule has 280 valence electrons. The molecule has 3 aliphatic rings. The number of rotatable bonds is 11. The number of hydrogen-bond donors (Lipinski definition) is 2. The minimum absolute atomic E-state index is 0.0424. The molecule has 0 saturated carbocycles. The van der Waals surface area contributed by atoms with Crippen molar-refractivity contribution in [3.63, 3.8) is 0 Å². The van der Waals surface area contributed by atoms with Crippen LogP contribution in [0.3, 0.4) is 0 Å². The van der Waals surface area contributed by atoms with Gasteiger partial charge in [-0.05, 0) is 85.3 Å². The summed E-state index contributed by atoms with van der Waals surface area (Å²) >= 11 is 0. The molecular weight excluding hydrogens is 693 g/mol. The second-order valence-electron chi connectivity index (χ2n) is 14.1. The summed E-state index contributed by atoms with van der Waals surface area (Å²) in [4.78, 5) is 17.7. The van der Waals surface area contributed by atoms with E-state index in [1.807, 2.05) is 54.6 Å². The number of ether oxygens (including phenoxy) is 2. The summed E-state index contributed by atoms with van der Waals surface area (Å²) in [5.41, 5.74) is 3.22. The van der Waals surface area contributed by atoms with E-state index in [1.165, 1.54) is 38.8 Å². The molecular formula is C41H42F5N3O4. The molecule has 3 saturated heterocycles. The Bertz CT molecular complexity index is 1890. The molecule has 4 aromatic rings. The number of nitrogens with zero attached hydrogens (tertiary/aromatic N) is 2. The maximum Gasteiger partial charge on any atom is 0.257 e. The largest absolute Gasteiger partial charge is 0.392 e. The number of carbonyl (C=O) groups excluding carboxylic acids is 1. The van der Waals surface area contributed by atoms with Crippen molar-refractivity contribution in [1.29, 1.82) is 0 Å². The fourth-order valence-corrected chi connectivity index (χ4v) is 7.70. The Balaban J connectivity index is 1.08. The lowest BCUT2D eigenvalue weighted by Gasteiger charge is -2.39. The van der Waals surface area contributed by atoms with Crippen molar-refractivity contribution < 1.29 is 41.3 Å². The quantitative estimate of drug-likeness (QED) is 0.0941. The normalized spacial score (nSPS) is 22.4. The van der Waals surface area contributed by atoms with E-state index >= 15 is 0 Å². The molecule has 3 aliphatic heterocycles. The fraction of sp³-hybridized carbons (Fsp3) is 0.390. The zero-order chi connectivity index (χ0) is 37.1. The van der Waals surface area contributed by atoms with Gasteiger partial charge in [-0.25, -0.2) is 22.0 Å². The summed E-state index contributed by atoms with van der Waals surface area (Å²) in [6, 6.07) is 23.1. The smallest absolute Gasteiger partial charge is 0.257 e. The third kappa shape index (κ3) is 8.32. The van der Waals surface area contributed by atoms with Gasteiger partial charge in [-0.2, -0.15) is 0 Å². The van der Waals surface area contributed by atoms with E-state index in [9.17, 15) is 31.9 Å². The first kappa shape index (κ1) is 37.1. The lowest BCUT2D eigenvalue weighted by atomic mass is 9.98. The van der Waals surface area contributed by atoms with Crippen LogP contribution in [0.15, 0.2) is 72.8 Å². The zero-order valence-corrected chi connectivity index (χ0v) is 29.2. The van der Waals surface area contributed by atoms with Crippen molar-refractivity contribution in [2.75, 3.05) is 32.7 Å². The molecule has 0 spiro atoms. The third-order valence-corrected chi connectivity index (χ3v) is 10.5. The summed E-state index contributed by atoms with van der Waals surface area (Å²) in [6.07, 6.45) is 4.55. The molecule has 3 heterocycles. The van der Waals surface area contributed by atoms with E-state index in [0.29, 0.717) is 18.0 Å². The van der Waals surface area contributed by atoms with Gasteiger partial charge in [-0.1, -0.05) is 60.7 Å². The van der Waals surface area contributed by atoms with E-state index in [-0.39, 0.29) is 25.4 Å². The van der Waals surface area contributed by atoms with Crippen LogP contribution in [0.4, 0.5) is 22.0 Å². The molecule has 0 unspecified atom stereocenters. The Morgan fingerprint density at radius 1 is 0.736 bits per heavy atom. The van der Waals surface area contributed by atoms with Crippen LogP contribution in [0.1, 0.15) is 77.1 Å². The maximum absolute atomic E-state index is 14.2. The Labute approximate surface area is 305 Å². The second-order valence-corrected chi connectivity index (χ2v) is 14.1. The van der Waals surface area contributed by atoms with Crippen molar-refractivity contribution in [2.24, 2.45) is 0 Å². The monoisotopic (exact) mass is 735 g/mol. The Kier molecular flexibility index (Phi) is 11.5. The first-order valence-corrected chi connectivity index (χ1v) is 18.1. The Hall–Kier alpha value is -4.20. The molecule has 3 fully saturated rings. The van der Waals surface area contributed by atoms with Crippen molar-refractivity contribution in [2.45, 2.75) is 69.8 Å². The molecule has 4 aromatic carbocycles. The topological polar surface area (TPSA) is 74.3 Å². The summed E-state index contributed by atoms with van der Waals surface area (Å²) in [6.45, 7) is 4.97. The minimum Gasteiger partial charge on any atom is -0.392 e. The molecule has 1 amide bonds. The van der Waals surface area contributed by atoms with Gasteiger partial charge in [0.15, 0.2) is 29.6 Å². The van der Waals surface area contributed by atoms with Crippen LogP contribution in [0.5, 0.6) is 0 Å². The van der Waals surface area contributed by atoms with Gasteiger partial charge in [0.05, 0.1) is 18.8 Å². The highest BCUT2D eigenvalue weighted by Gasteiger charge is 2.36. The summed E-state index contributed by atoms with van der Waals surface area (Å²) < 4.78 is 82.6. The van der Waals surface area contributed by atoms with E-state index in [1.54, 1.807) is 18.2 Å². The fourth-order valence-electron chi connectivity index (χ4n) is 7.70. The molecule has 12 heteroatoms. The van der Waals surface area contributed by atoms with Gasteiger partial charge in [0.2, 0.25) is 5.82 Å². The number of nitrogens with one attached hydrogen (secondary N) is 1. The third-order valence-electron chi connectivity index (χ3n) is 10.5. The molecule has 0 aliphatic carbocycles. The van der Waals surface area contributed by atoms with E-state index < -0.39 is 46.8 Å². The molecule has 4 atom stereocenters. The molecule has 7 nitrogen and oxygen atoms in total. The molecule has 0 aromatic heterocycles. The van der Waals surface area contributed by atoms with E-state index in [2.05, 4.69) is 15.1 Å². The van der Waals surface area contributed by atoms with Gasteiger partial charge < -0.3 is 24.8 Å². The number of aliphatic hydroxyl groups is 1. The van der Waals surface area contributed by atoms with Crippen LogP contribution in [-0.4, -0.2) is 65.7 Å². The average Bonchev–Trinajstić information content (AvgIpc) is 3.88. The molecule has 0 radical (unpaired) electrons. The highest BCUT2D eigenvalue weighted by atomic mass is 19.2. The number of amides is 1. The number of benzene rings is 4. The van der Waals surface area contributed by atoms with E-state index in [4.69, 9.17) is 9.47 Å². The molecule has 0 bridgehead atoms. The molecule has 7 rings (SSSR count). The van der Waals surface area contributed by atoms with Gasteiger partial charge in [0.1, 0.15) is 5.56 Å². The van der Waals surface area contributed by atoms with Crippen molar-refractivity contribution in [3.05, 3.63) is 130 Å². The SMILES string of the molecule is O=C(NCc1cccc(-c2cccc([C@H]3O[C@@H](CN4CCC[C@H]4CN4CCCC4)C[C@@H](c4ccc(CO)cc4)O3)c2)c1)c1c(F)c(F)c(F)c(F)c1F. The molecule has 53 heavy (non-hydrogen) atoms. The highest BCUT2D eigenvalue weighted by molar-refractivity contribution is 5.94. The predicted molar refractivity (Wildman–Crippen MR) is 188 cm³/mol. The number of likely N-dealkylation sites (tertiary alicyclic amines) is 2. The maximum atomic E-state index is 14.2. The van der Waals surface area contributed by atoms with Crippen LogP contribution in [0.2, 0.25) is 0 Å². The highest BCUT2D eigenvalue weighted by Crippen LogP contribution is 2.40. The number of carbonyl (C=O) groups is 1. The summed E-state index contributed by atoms with van der Waals surface area (Å²) in [5.74, 6) is -12.5. The lowest BCUT2D eigenvalue weighted by Crippen LogP contribution is -2.45. The second kappa shape index (κ2) is 16.4. The first-order valence-electron chi connectivity index (χ1n) is 18.1.